The average Bonchev–Trinajstić information content (AvgIpc) is 0.735. The lowest BCUT2D eigenvalue weighted by molar-refractivity contribution is -0.350. The standard InChI is InChI=1S/C82H102Cl2N10O28/c1-30(2)16-44(87-7)72(107)93-60-62(100)33-10-14-48(42(83)18-33)116-50-20-36-21-51(69(50)121-80-67(105)65(103)70(53(29-95)119-80)122-79-66(104)64(102)63(101)52(118-79)28-88-27-35-8-12-37-22-41(35)81(37,4)5)117-49-15-11-34(19-43(49)84)68(120-55-26-82(6,86)71(106)31(3)115-55)61-77(112)92-59(78(113)114)40-23-38(96)24-47(98)56(40)39-17-32(9-13-46(39)97)57(74(109)94-61)91-75(110)58(36)90-73(108)45(25-54(85)99)89-76(60)111/h9-11,13-15,17-21,23-24,30-31,35,37,41,44-45,52-53,55,57-68,70-71,79-80,87-88,95-98,100-106H,8,12,16,22,25-29,86H2,1-7H3,(H2,85,99)(H,89,111)(H,90,108)(H,91,110)(H,92,112)(H,93,107)(H,94,109)(H,113,114)/t31-,35?,37-,41-,44+,45+,52+,53+,55-,57+,58+,59+,60?,61-,62+,63-,64-,65+,66+,67+,68+,70+,71-,79-,80-,82-/m0/s1. The second-order valence-electron chi connectivity index (χ2n) is 33.7. The minimum atomic E-state index is -2.41. The van der Waals surface area contributed by atoms with Gasteiger partial charge in [0.15, 0.2) is 30.1 Å². The van der Waals surface area contributed by atoms with E-state index >= 15 is 24.0 Å². The number of halogens is 2. The summed E-state index contributed by atoms with van der Waals surface area (Å²) in [4.78, 5) is 120. The molecule has 662 valence electrons. The Labute approximate surface area is 708 Å². The van der Waals surface area contributed by atoms with E-state index in [1.54, 1.807) is 0 Å². The smallest absolute Gasteiger partial charge is 0.330 e. The molecule has 24 N–H and O–H groups in total. The minimum Gasteiger partial charge on any atom is -0.508 e. The Morgan fingerprint density at radius 1 is 0.664 bits per heavy atom. The van der Waals surface area contributed by atoms with Gasteiger partial charge in [-0.3, -0.25) is 33.6 Å². The number of benzene rings is 5. The van der Waals surface area contributed by atoms with Crippen molar-refractivity contribution in [1.29, 1.82) is 0 Å². The van der Waals surface area contributed by atoms with Crippen LogP contribution < -0.4 is 68.2 Å². The van der Waals surface area contributed by atoms with Crippen molar-refractivity contribution in [3.05, 3.63) is 117 Å². The summed E-state index contributed by atoms with van der Waals surface area (Å²) in [5.74, 6) is -15.1. The van der Waals surface area contributed by atoms with Crippen LogP contribution in [0.3, 0.4) is 0 Å². The summed E-state index contributed by atoms with van der Waals surface area (Å²) in [5, 5.41) is 160. The third-order valence-corrected chi connectivity index (χ3v) is 25.0. The molecule has 5 aromatic rings. The number of hydrogen-bond donors (Lipinski definition) is 22. The first-order valence-corrected chi connectivity index (χ1v) is 40.7. The summed E-state index contributed by atoms with van der Waals surface area (Å²) in [7, 11) is 1.47. The average molecular weight is 1750 g/mol. The zero-order chi connectivity index (χ0) is 88.3. The fourth-order valence-corrected chi connectivity index (χ4v) is 18.1. The van der Waals surface area contributed by atoms with Gasteiger partial charge >= 0.3 is 5.97 Å². The van der Waals surface area contributed by atoms with Crippen LogP contribution in [0.5, 0.6) is 46.0 Å². The zero-order valence-corrected chi connectivity index (χ0v) is 68.7. The van der Waals surface area contributed by atoms with Crippen molar-refractivity contribution in [2.45, 2.75) is 220 Å². The van der Waals surface area contributed by atoms with E-state index in [9.17, 15) is 75.7 Å². The molecule has 13 bridgehead atoms. The first-order valence-electron chi connectivity index (χ1n) is 40.0. The van der Waals surface area contributed by atoms with Gasteiger partial charge in [0, 0.05) is 41.3 Å². The minimum absolute atomic E-state index is 0.0399. The lowest BCUT2D eigenvalue weighted by Crippen LogP contribution is -2.65. The van der Waals surface area contributed by atoms with Crippen molar-refractivity contribution < 1.29 is 138 Å². The first kappa shape index (κ1) is 90.3. The van der Waals surface area contributed by atoms with E-state index in [4.69, 9.17) is 72.6 Å². The zero-order valence-electron chi connectivity index (χ0n) is 67.2. The molecule has 2 unspecified atom stereocenters. The number of nitrogens with one attached hydrogen (secondary N) is 8. The van der Waals surface area contributed by atoms with E-state index in [0.717, 1.165) is 79.9 Å². The number of aromatic hydroxyl groups is 3. The van der Waals surface area contributed by atoms with E-state index in [-0.39, 0.29) is 53.2 Å². The number of aliphatic hydroxyl groups excluding tert-OH is 8. The van der Waals surface area contributed by atoms with Crippen molar-refractivity contribution in [1.82, 2.24) is 42.5 Å². The van der Waals surface area contributed by atoms with Crippen LogP contribution in [-0.2, 0) is 62.0 Å². The summed E-state index contributed by atoms with van der Waals surface area (Å²) < 4.78 is 51.4. The maximum atomic E-state index is 16.4. The topological polar surface area (TPSA) is 601 Å². The number of carbonyl (C=O) groups is 8. The number of aliphatic hydroxyl groups is 8. The maximum absolute atomic E-state index is 16.4. The van der Waals surface area contributed by atoms with E-state index in [1.165, 1.54) is 39.1 Å². The largest absolute Gasteiger partial charge is 0.508 e. The number of hydrogen-bond acceptors (Lipinski definition) is 30. The van der Waals surface area contributed by atoms with Crippen molar-refractivity contribution >= 4 is 70.5 Å². The second-order valence-corrected chi connectivity index (χ2v) is 34.5. The van der Waals surface area contributed by atoms with Crippen LogP contribution in [0.4, 0.5) is 0 Å². The van der Waals surface area contributed by atoms with Crippen LogP contribution >= 0.6 is 23.2 Å². The fraction of sp³-hybridized carbons (Fsp3) is 0.537. The molecule has 7 amide bonds. The van der Waals surface area contributed by atoms with E-state index in [0.29, 0.717) is 24.3 Å². The van der Waals surface area contributed by atoms with Gasteiger partial charge in [0.25, 0.3) is 0 Å². The highest BCUT2D eigenvalue weighted by Crippen LogP contribution is 2.61. The van der Waals surface area contributed by atoms with Crippen molar-refractivity contribution in [3.8, 4) is 57.1 Å². The van der Waals surface area contributed by atoms with Gasteiger partial charge in [-0.2, -0.15) is 0 Å². The van der Waals surface area contributed by atoms with Gasteiger partial charge < -0.3 is 153 Å². The molecule has 11 aliphatic rings. The van der Waals surface area contributed by atoms with Crippen LogP contribution in [0.2, 0.25) is 10.0 Å². The number of fused-ring (bicyclic) bond motifs is 17. The molecule has 8 heterocycles. The molecule has 5 aromatic carbocycles. The van der Waals surface area contributed by atoms with Gasteiger partial charge in [-0.05, 0) is 159 Å². The van der Waals surface area contributed by atoms with Crippen LogP contribution in [0.25, 0.3) is 11.1 Å². The molecule has 3 saturated carbocycles. The number of carboxylic acid groups (broad SMARTS) is 1. The third-order valence-electron chi connectivity index (χ3n) is 24.4. The summed E-state index contributed by atoms with van der Waals surface area (Å²) in [5.41, 5.74) is 8.23. The summed E-state index contributed by atoms with van der Waals surface area (Å²) in [6.45, 7) is 10.5. The fourth-order valence-electron chi connectivity index (χ4n) is 17.6. The molecule has 3 aliphatic carbocycles. The van der Waals surface area contributed by atoms with Crippen molar-refractivity contribution in [2.75, 3.05) is 26.7 Å². The van der Waals surface area contributed by atoms with Gasteiger partial charge in [0.2, 0.25) is 53.4 Å². The Balaban J connectivity index is 0.980. The van der Waals surface area contributed by atoms with Gasteiger partial charge in [0.1, 0.15) is 120 Å². The molecular weight excluding hydrogens is 1640 g/mol. The summed E-state index contributed by atoms with van der Waals surface area (Å²) in [6, 6.07) is -0.806. The van der Waals surface area contributed by atoms with E-state index in [2.05, 4.69) is 56.4 Å². The Morgan fingerprint density at radius 2 is 1.30 bits per heavy atom. The summed E-state index contributed by atoms with van der Waals surface area (Å²) >= 11 is 14.5. The van der Waals surface area contributed by atoms with Gasteiger partial charge in [-0.15, -0.1) is 0 Å². The highest BCUT2D eigenvalue weighted by Gasteiger charge is 2.56. The molecule has 0 aromatic heterocycles. The molecule has 40 heteroatoms. The first-order chi connectivity index (χ1) is 57.6. The number of primary amides is 1. The third kappa shape index (κ3) is 18.6. The Bertz CT molecular complexity index is 4810. The second kappa shape index (κ2) is 36.4. The van der Waals surface area contributed by atoms with Crippen LogP contribution in [0, 0.1) is 29.1 Å². The highest BCUT2D eigenvalue weighted by molar-refractivity contribution is 6.32. The molecule has 26 atom stereocenters. The van der Waals surface area contributed by atoms with Gasteiger partial charge in [-0.25, -0.2) is 4.79 Å². The SMILES string of the molecule is CN[C@H](CC(C)C)C(=O)NC1C(=O)N[C@H](CC(N)=O)C(=O)N[C@H]2C(=O)N[C@H]3C(=O)N[C@H](C(=O)N[C@@H](C(=O)O)c4cc(O)cc(O)c4-c4cc3ccc4O)[C@H](O[C@H]3C[C@](C)(N)[C@@H](O)[C@H](C)O3)c3ccc(c(Cl)c3)Oc3cc2cc(c3O[C@@H]2O[C@H](CO)[C@@H](O[C@@H]3O[C@H](CNCC4CC[C@H]5C[C@@H]4C5(C)C)[C@H](O)[C@H](O)[C@H]3O)[C@H](O)[C@H]2O)Oc2ccc(cc2Cl)[C@H]1O. The van der Waals surface area contributed by atoms with Crippen molar-refractivity contribution in [2.24, 2.45) is 40.6 Å². The number of aliphatic carboxylic acids is 1. The number of nitrogens with two attached hydrogens (primary N) is 2. The monoisotopic (exact) mass is 1740 g/mol. The number of carboxylic acids is 1. The van der Waals surface area contributed by atoms with Crippen molar-refractivity contribution in [3.63, 3.8) is 0 Å². The Morgan fingerprint density at radius 3 is 1.92 bits per heavy atom. The van der Waals surface area contributed by atoms with Gasteiger partial charge in [-0.1, -0.05) is 69.1 Å². The highest BCUT2D eigenvalue weighted by atomic mass is 35.5. The van der Waals surface area contributed by atoms with Gasteiger partial charge in [0.05, 0.1) is 41.3 Å². The molecule has 16 rings (SSSR count). The predicted molar refractivity (Wildman–Crippen MR) is 426 cm³/mol. The Kier molecular flexibility index (Phi) is 27.0. The molecule has 3 saturated heterocycles. The molecule has 8 aliphatic heterocycles. The predicted octanol–water partition coefficient (Wildman–Crippen LogP) is 0.600. The molecule has 38 nitrogen and oxygen atoms in total. The quantitative estimate of drug-likeness (QED) is 0.0538. The molecule has 6 fully saturated rings. The van der Waals surface area contributed by atoms with E-state index in [1.807, 2.05) is 13.8 Å². The number of ether oxygens (including phenoxy) is 8. The Hall–Kier alpha value is -9.40. The normalized spacial score (nSPS) is 33.5. The number of amides is 7. The van der Waals surface area contributed by atoms with Crippen LogP contribution in [0.1, 0.15) is 138 Å². The summed E-state index contributed by atoms with van der Waals surface area (Å²) in [6.07, 6.45) is -25.4. The molecule has 0 spiro atoms. The molecule has 122 heavy (non-hydrogen) atoms. The molecular formula is C82H102Cl2N10O28. The number of phenols is 3. The van der Waals surface area contributed by atoms with E-state index < -0.39 is 273 Å². The lowest BCUT2D eigenvalue weighted by atomic mass is 9.45. The number of likely N-dealkylation sites (N-methyl/N-ethyl adjacent to an activating group) is 1. The molecule has 0 radical (unpaired) electrons. The number of carbonyl (C=O) groups excluding carboxylic acids is 7. The van der Waals surface area contributed by atoms with Crippen LogP contribution in [-0.4, -0.2) is 245 Å². The number of rotatable bonds is 19. The number of phenolic OH excluding ortho intramolecular Hbond substituents is 3. The van der Waals surface area contributed by atoms with Crippen LogP contribution in [0.15, 0.2) is 78.9 Å². The maximum Gasteiger partial charge on any atom is 0.330 e. The lowest BCUT2D eigenvalue weighted by Gasteiger charge is -2.60.